The molecule has 3 unspecified atom stereocenters. The highest BCUT2D eigenvalue weighted by atomic mass is 19.3. The summed E-state index contributed by atoms with van der Waals surface area (Å²) < 4.78 is 27.5. The van der Waals surface area contributed by atoms with E-state index >= 15 is 0 Å². The molecule has 3 aliphatic rings. The first kappa shape index (κ1) is 25.3. The Hall–Kier alpha value is -0.340. The van der Waals surface area contributed by atoms with Gasteiger partial charge in [-0.3, -0.25) is 9.80 Å². The van der Waals surface area contributed by atoms with Crippen molar-refractivity contribution in [1.82, 2.24) is 20.0 Å². The summed E-state index contributed by atoms with van der Waals surface area (Å²) in [7, 11) is 0. The monoisotopic (exact) mass is 444 g/mol. The van der Waals surface area contributed by atoms with E-state index in [-0.39, 0.29) is 12.8 Å². The van der Waals surface area contributed by atoms with E-state index in [0.717, 1.165) is 77.8 Å². The van der Waals surface area contributed by atoms with Gasteiger partial charge in [0.25, 0.3) is 5.92 Å². The normalized spacial score (nSPS) is 28.8. The van der Waals surface area contributed by atoms with Crippen molar-refractivity contribution < 1.29 is 13.9 Å². The Morgan fingerprint density at radius 1 is 0.742 bits per heavy atom. The summed E-state index contributed by atoms with van der Waals surface area (Å²) in [5.41, 5.74) is -0.516. The van der Waals surface area contributed by atoms with E-state index in [4.69, 9.17) is 0 Å². The van der Waals surface area contributed by atoms with Gasteiger partial charge < -0.3 is 15.3 Å². The highest BCUT2D eigenvalue weighted by Gasteiger charge is 2.36. The van der Waals surface area contributed by atoms with Gasteiger partial charge in [0.2, 0.25) is 0 Å². The fourth-order valence-electron chi connectivity index (χ4n) is 5.53. The molecule has 0 radical (unpaired) electrons. The Bertz CT molecular complexity index is 522. The maximum absolute atomic E-state index is 13.8. The van der Waals surface area contributed by atoms with Crippen molar-refractivity contribution in [1.29, 1.82) is 0 Å². The lowest BCUT2D eigenvalue weighted by Crippen LogP contribution is -2.49. The second kappa shape index (κ2) is 11.2. The molecule has 182 valence electrons. The molecule has 2 N–H and O–H groups in total. The van der Waals surface area contributed by atoms with Crippen LogP contribution in [0, 0.1) is 0 Å². The fraction of sp³-hybridized carbons (Fsp3) is 1.00. The third kappa shape index (κ3) is 7.88. The number of hydrogen-bond donors (Lipinski definition) is 2. The number of piperazine rings is 1. The largest absolute Gasteiger partial charge is 0.390 e. The van der Waals surface area contributed by atoms with Crippen LogP contribution in [0.5, 0.6) is 0 Å². The van der Waals surface area contributed by atoms with E-state index in [0.29, 0.717) is 31.2 Å². The number of nitrogens with zero attached hydrogens (tertiary/aromatic N) is 3. The van der Waals surface area contributed by atoms with E-state index in [1.54, 1.807) is 0 Å². The van der Waals surface area contributed by atoms with Gasteiger partial charge >= 0.3 is 0 Å². The number of likely N-dealkylation sites (tertiary alicyclic amines) is 2. The number of aliphatic hydroxyl groups is 1. The number of nitrogens with one attached hydrogen (secondary N) is 1. The van der Waals surface area contributed by atoms with Crippen molar-refractivity contribution in [3.8, 4) is 0 Å². The molecule has 3 aliphatic heterocycles. The van der Waals surface area contributed by atoms with E-state index in [1.807, 2.05) is 6.92 Å². The zero-order valence-corrected chi connectivity index (χ0v) is 20.1. The average Bonchev–Trinajstić information content (AvgIpc) is 2.74. The van der Waals surface area contributed by atoms with Crippen molar-refractivity contribution in [2.45, 2.75) is 102 Å². The second-order valence-corrected chi connectivity index (χ2v) is 10.7. The quantitative estimate of drug-likeness (QED) is 0.572. The third-order valence-electron chi connectivity index (χ3n) is 8.15. The van der Waals surface area contributed by atoms with Crippen molar-refractivity contribution in [3.05, 3.63) is 0 Å². The number of piperidine rings is 2. The first-order valence-electron chi connectivity index (χ1n) is 12.7. The molecule has 0 aliphatic carbocycles. The van der Waals surface area contributed by atoms with E-state index in [2.05, 4.69) is 33.9 Å². The fourth-order valence-corrected chi connectivity index (χ4v) is 5.53. The molecule has 3 saturated heterocycles. The number of hydrogen-bond acceptors (Lipinski definition) is 5. The van der Waals surface area contributed by atoms with Crippen LogP contribution >= 0.6 is 0 Å². The molecular formula is C24H46F2N4O. The summed E-state index contributed by atoms with van der Waals surface area (Å²) in [6.07, 6.45) is 6.10. The van der Waals surface area contributed by atoms with Gasteiger partial charge in [0.15, 0.2) is 0 Å². The Morgan fingerprint density at radius 3 is 1.71 bits per heavy atom. The van der Waals surface area contributed by atoms with Gasteiger partial charge in [-0.05, 0) is 59.3 Å². The number of halogens is 2. The topological polar surface area (TPSA) is 42.0 Å². The minimum Gasteiger partial charge on any atom is -0.390 e. The van der Waals surface area contributed by atoms with Crippen LogP contribution in [0.25, 0.3) is 0 Å². The number of alkyl halides is 2. The lowest BCUT2D eigenvalue weighted by molar-refractivity contribution is -0.0656. The van der Waals surface area contributed by atoms with Crippen LogP contribution in [0.2, 0.25) is 0 Å². The summed E-state index contributed by atoms with van der Waals surface area (Å²) in [5.74, 6) is -2.48. The molecule has 0 aromatic rings. The van der Waals surface area contributed by atoms with E-state index < -0.39 is 11.5 Å². The first-order chi connectivity index (χ1) is 14.7. The molecule has 5 nitrogen and oxygen atoms in total. The molecule has 3 heterocycles. The van der Waals surface area contributed by atoms with Gasteiger partial charge in [-0.1, -0.05) is 0 Å². The lowest BCUT2D eigenvalue weighted by Gasteiger charge is -2.41. The summed E-state index contributed by atoms with van der Waals surface area (Å²) in [4.78, 5) is 7.43. The Morgan fingerprint density at radius 2 is 1.19 bits per heavy atom. The standard InChI is InChI=1S/C24H46F2N4O/c1-20(28-14-8-23(3,31)9-15-28)4-6-22(30-16-10-24(25,26)11-17-30)7-5-21(2)29-18-12-27-13-19-29/h20-22,27,31H,4-19H2,1-3H3. The summed E-state index contributed by atoms with van der Waals surface area (Å²) in [5, 5.41) is 13.7. The molecule has 3 fully saturated rings. The summed E-state index contributed by atoms with van der Waals surface area (Å²) in [6.45, 7) is 13.9. The maximum Gasteiger partial charge on any atom is 0.250 e. The predicted molar refractivity (Wildman–Crippen MR) is 123 cm³/mol. The van der Waals surface area contributed by atoms with E-state index in [1.165, 1.54) is 0 Å². The second-order valence-electron chi connectivity index (χ2n) is 10.7. The Balaban J connectivity index is 1.51. The molecule has 31 heavy (non-hydrogen) atoms. The molecular weight excluding hydrogens is 398 g/mol. The van der Waals surface area contributed by atoms with Gasteiger partial charge in [0.05, 0.1) is 5.60 Å². The smallest absolute Gasteiger partial charge is 0.250 e. The minimum absolute atomic E-state index is 0.00755. The van der Waals surface area contributed by atoms with Crippen molar-refractivity contribution >= 4 is 0 Å². The van der Waals surface area contributed by atoms with Gasteiger partial charge in [0, 0.05) is 83.3 Å². The third-order valence-corrected chi connectivity index (χ3v) is 8.15. The summed E-state index contributed by atoms with van der Waals surface area (Å²) >= 11 is 0. The van der Waals surface area contributed by atoms with Gasteiger partial charge in [0.1, 0.15) is 0 Å². The predicted octanol–water partition coefficient (Wildman–Crippen LogP) is 3.18. The highest BCUT2D eigenvalue weighted by Crippen LogP contribution is 2.31. The van der Waals surface area contributed by atoms with Gasteiger partial charge in [-0.2, -0.15) is 0 Å². The molecule has 3 atom stereocenters. The average molecular weight is 445 g/mol. The lowest BCUT2D eigenvalue weighted by atomic mass is 9.91. The molecule has 3 rings (SSSR count). The first-order valence-corrected chi connectivity index (χ1v) is 12.7. The number of rotatable bonds is 9. The van der Waals surface area contributed by atoms with E-state index in [9.17, 15) is 13.9 Å². The maximum atomic E-state index is 13.8. The van der Waals surface area contributed by atoms with Gasteiger partial charge in [-0.25, -0.2) is 8.78 Å². The van der Waals surface area contributed by atoms with Crippen molar-refractivity contribution in [3.63, 3.8) is 0 Å². The molecule has 7 heteroatoms. The highest BCUT2D eigenvalue weighted by molar-refractivity contribution is 4.87. The molecule has 0 amide bonds. The van der Waals surface area contributed by atoms with Crippen LogP contribution in [0.3, 0.4) is 0 Å². The molecule has 0 bridgehead atoms. The van der Waals surface area contributed by atoms with Crippen LogP contribution in [-0.2, 0) is 0 Å². The SMILES string of the molecule is CC(CCC(CCC(C)N1CCC(C)(O)CC1)N1CCC(F)(F)CC1)N1CCNCC1. The van der Waals surface area contributed by atoms with Crippen LogP contribution in [0.4, 0.5) is 8.78 Å². The molecule has 0 spiro atoms. The van der Waals surface area contributed by atoms with Crippen molar-refractivity contribution in [2.75, 3.05) is 52.4 Å². The van der Waals surface area contributed by atoms with Gasteiger partial charge in [-0.15, -0.1) is 0 Å². The van der Waals surface area contributed by atoms with Crippen LogP contribution < -0.4 is 5.32 Å². The summed E-state index contributed by atoms with van der Waals surface area (Å²) in [6, 6.07) is 1.44. The van der Waals surface area contributed by atoms with Crippen LogP contribution in [0.1, 0.15) is 72.1 Å². The van der Waals surface area contributed by atoms with Crippen LogP contribution in [-0.4, -0.2) is 102 Å². The minimum atomic E-state index is -2.48. The zero-order chi connectivity index (χ0) is 22.5. The van der Waals surface area contributed by atoms with Crippen LogP contribution in [0.15, 0.2) is 0 Å². The molecule has 0 saturated carbocycles. The Labute approximate surface area is 188 Å². The zero-order valence-electron chi connectivity index (χ0n) is 20.1. The van der Waals surface area contributed by atoms with Crippen molar-refractivity contribution in [2.24, 2.45) is 0 Å². The molecule has 0 aromatic heterocycles. The Kier molecular flexibility index (Phi) is 9.13. The molecule has 0 aromatic carbocycles.